The summed E-state index contributed by atoms with van der Waals surface area (Å²) >= 11 is 0. The van der Waals surface area contributed by atoms with E-state index in [2.05, 4.69) is 22.1 Å². The van der Waals surface area contributed by atoms with Gasteiger partial charge in [0.1, 0.15) is 6.10 Å². The molecule has 0 amide bonds. The van der Waals surface area contributed by atoms with E-state index in [1.54, 1.807) is 12.1 Å². The normalized spacial score (nSPS) is 12.2. The second-order valence-corrected chi connectivity index (χ2v) is 4.23. The molecule has 0 aliphatic heterocycles. The number of pyridine rings is 1. The Bertz CT molecular complexity index is 511. The van der Waals surface area contributed by atoms with Gasteiger partial charge in [0.25, 0.3) is 0 Å². The molecule has 0 spiro atoms. The molecule has 1 N–H and O–H groups in total. The van der Waals surface area contributed by atoms with Crippen molar-refractivity contribution in [3.05, 3.63) is 47.4 Å². The number of aliphatic hydroxyl groups is 1. The maximum absolute atomic E-state index is 10.1. The maximum Gasteiger partial charge on any atom is 0.233 e. The first-order valence-electron chi connectivity index (χ1n) is 6.22. The van der Waals surface area contributed by atoms with Gasteiger partial charge in [-0.3, -0.25) is 4.98 Å². The molecular formula is C14H17N3O2. The standard InChI is InChI=1S/C14H17N3O2/c1-3-10-4-5-11(15-9-10)8-13(18)12-6-7-14(19-2)17-16-12/h4-7,9,13,18H,3,8H2,1-2H3. The zero-order valence-corrected chi connectivity index (χ0v) is 11.1. The van der Waals surface area contributed by atoms with Crippen molar-refractivity contribution in [3.63, 3.8) is 0 Å². The van der Waals surface area contributed by atoms with Crippen LogP contribution in [-0.4, -0.2) is 27.4 Å². The van der Waals surface area contributed by atoms with Crippen LogP contribution < -0.4 is 4.74 Å². The predicted octanol–water partition coefficient (Wildman–Crippen LogP) is 1.72. The topological polar surface area (TPSA) is 68.1 Å². The Labute approximate surface area is 112 Å². The number of aromatic nitrogens is 3. The Morgan fingerprint density at radius 3 is 2.58 bits per heavy atom. The van der Waals surface area contributed by atoms with Crippen molar-refractivity contribution in [2.24, 2.45) is 0 Å². The van der Waals surface area contributed by atoms with E-state index in [0.29, 0.717) is 18.0 Å². The Morgan fingerprint density at radius 1 is 1.21 bits per heavy atom. The summed E-state index contributed by atoms with van der Waals surface area (Å²) in [7, 11) is 1.53. The van der Waals surface area contributed by atoms with Gasteiger partial charge in [0.05, 0.1) is 12.8 Å². The monoisotopic (exact) mass is 259 g/mol. The fourth-order valence-corrected chi connectivity index (χ4v) is 1.70. The van der Waals surface area contributed by atoms with Gasteiger partial charge in [0.2, 0.25) is 5.88 Å². The second kappa shape index (κ2) is 6.24. The highest BCUT2D eigenvalue weighted by Gasteiger charge is 2.11. The minimum Gasteiger partial charge on any atom is -0.480 e. The lowest BCUT2D eigenvalue weighted by atomic mass is 10.1. The van der Waals surface area contributed by atoms with Crippen LogP contribution in [0, 0.1) is 0 Å². The third-order valence-electron chi connectivity index (χ3n) is 2.91. The molecule has 0 aromatic carbocycles. The quantitative estimate of drug-likeness (QED) is 0.885. The molecular weight excluding hydrogens is 242 g/mol. The lowest BCUT2D eigenvalue weighted by Crippen LogP contribution is -2.07. The molecule has 0 saturated heterocycles. The van der Waals surface area contributed by atoms with Crippen molar-refractivity contribution in [1.82, 2.24) is 15.2 Å². The van der Waals surface area contributed by atoms with Crippen LogP contribution in [0.4, 0.5) is 0 Å². The summed E-state index contributed by atoms with van der Waals surface area (Å²) in [5, 5.41) is 17.8. The number of aryl methyl sites for hydroxylation is 1. The lowest BCUT2D eigenvalue weighted by molar-refractivity contribution is 0.170. The fourth-order valence-electron chi connectivity index (χ4n) is 1.70. The number of nitrogens with zero attached hydrogens (tertiary/aromatic N) is 3. The third-order valence-corrected chi connectivity index (χ3v) is 2.91. The maximum atomic E-state index is 10.1. The summed E-state index contributed by atoms with van der Waals surface area (Å²) < 4.78 is 4.93. The summed E-state index contributed by atoms with van der Waals surface area (Å²) in [6, 6.07) is 7.34. The van der Waals surface area contributed by atoms with Gasteiger partial charge in [0.15, 0.2) is 0 Å². The van der Waals surface area contributed by atoms with E-state index in [9.17, 15) is 5.11 Å². The molecule has 0 radical (unpaired) electrons. The van der Waals surface area contributed by atoms with Crippen molar-refractivity contribution in [2.75, 3.05) is 7.11 Å². The molecule has 2 rings (SSSR count). The molecule has 0 bridgehead atoms. The fraction of sp³-hybridized carbons (Fsp3) is 0.357. The minimum absolute atomic E-state index is 0.422. The van der Waals surface area contributed by atoms with Crippen molar-refractivity contribution in [2.45, 2.75) is 25.9 Å². The number of methoxy groups -OCH3 is 1. The molecule has 0 aliphatic carbocycles. The highest BCUT2D eigenvalue weighted by Crippen LogP contribution is 2.16. The van der Waals surface area contributed by atoms with Crippen LogP contribution in [0.15, 0.2) is 30.5 Å². The smallest absolute Gasteiger partial charge is 0.233 e. The first kappa shape index (κ1) is 13.4. The van der Waals surface area contributed by atoms with Crippen molar-refractivity contribution >= 4 is 0 Å². The van der Waals surface area contributed by atoms with Gasteiger partial charge in [-0.25, -0.2) is 0 Å². The Kier molecular flexibility index (Phi) is 4.41. The molecule has 5 heteroatoms. The van der Waals surface area contributed by atoms with Crippen LogP contribution in [0.2, 0.25) is 0 Å². The van der Waals surface area contributed by atoms with Crippen LogP contribution >= 0.6 is 0 Å². The van der Waals surface area contributed by atoms with Gasteiger partial charge in [0, 0.05) is 24.4 Å². The molecule has 1 unspecified atom stereocenters. The third kappa shape index (κ3) is 3.48. The molecule has 0 aliphatic rings. The molecule has 2 heterocycles. The van der Waals surface area contributed by atoms with Gasteiger partial charge in [-0.05, 0) is 24.1 Å². The van der Waals surface area contributed by atoms with Crippen LogP contribution in [-0.2, 0) is 12.8 Å². The van der Waals surface area contributed by atoms with Crippen LogP contribution in [0.25, 0.3) is 0 Å². The first-order valence-corrected chi connectivity index (χ1v) is 6.22. The van der Waals surface area contributed by atoms with E-state index < -0.39 is 6.10 Å². The van der Waals surface area contributed by atoms with E-state index in [1.807, 2.05) is 18.3 Å². The lowest BCUT2D eigenvalue weighted by Gasteiger charge is -2.09. The SMILES string of the molecule is CCc1ccc(CC(O)c2ccc(OC)nn2)nc1. The first-order chi connectivity index (χ1) is 9.22. The zero-order chi connectivity index (χ0) is 13.7. The minimum atomic E-state index is -0.710. The Morgan fingerprint density at radius 2 is 2.05 bits per heavy atom. The van der Waals surface area contributed by atoms with E-state index >= 15 is 0 Å². The summed E-state index contributed by atoms with van der Waals surface area (Å²) in [5.74, 6) is 0.432. The average Bonchev–Trinajstić information content (AvgIpc) is 2.48. The highest BCUT2D eigenvalue weighted by atomic mass is 16.5. The summed E-state index contributed by atoms with van der Waals surface area (Å²) in [6.07, 6.45) is 2.50. The van der Waals surface area contributed by atoms with Crippen molar-refractivity contribution in [3.8, 4) is 5.88 Å². The second-order valence-electron chi connectivity index (χ2n) is 4.23. The van der Waals surface area contributed by atoms with Crippen LogP contribution in [0.5, 0.6) is 5.88 Å². The van der Waals surface area contributed by atoms with Crippen LogP contribution in [0.1, 0.15) is 30.0 Å². The number of aliphatic hydroxyl groups excluding tert-OH is 1. The zero-order valence-electron chi connectivity index (χ0n) is 11.1. The molecule has 100 valence electrons. The van der Waals surface area contributed by atoms with E-state index in [1.165, 1.54) is 12.7 Å². The van der Waals surface area contributed by atoms with Gasteiger partial charge in [-0.1, -0.05) is 13.0 Å². The molecule has 1 atom stereocenters. The molecule has 19 heavy (non-hydrogen) atoms. The van der Waals surface area contributed by atoms with E-state index in [0.717, 1.165) is 12.1 Å². The van der Waals surface area contributed by atoms with Gasteiger partial charge < -0.3 is 9.84 Å². The largest absolute Gasteiger partial charge is 0.480 e. The Balaban J connectivity index is 2.04. The van der Waals surface area contributed by atoms with Crippen LogP contribution in [0.3, 0.4) is 0 Å². The van der Waals surface area contributed by atoms with Gasteiger partial charge >= 0.3 is 0 Å². The van der Waals surface area contributed by atoms with Crippen molar-refractivity contribution in [1.29, 1.82) is 0 Å². The van der Waals surface area contributed by atoms with Gasteiger partial charge in [-0.15, -0.1) is 10.2 Å². The molecule has 2 aromatic heterocycles. The predicted molar refractivity (Wildman–Crippen MR) is 70.9 cm³/mol. The summed E-state index contributed by atoms with van der Waals surface area (Å²) in [5.41, 5.74) is 2.53. The molecule has 2 aromatic rings. The Hall–Kier alpha value is -2.01. The number of hydrogen-bond acceptors (Lipinski definition) is 5. The number of hydrogen-bond donors (Lipinski definition) is 1. The molecule has 0 fully saturated rings. The van der Waals surface area contributed by atoms with E-state index in [-0.39, 0.29) is 0 Å². The number of ether oxygens (including phenoxy) is 1. The number of rotatable bonds is 5. The molecule has 5 nitrogen and oxygen atoms in total. The van der Waals surface area contributed by atoms with Gasteiger partial charge in [-0.2, -0.15) is 0 Å². The molecule has 0 saturated carbocycles. The van der Waals surface area contributed by atoms with E-state index in [4.69, 9.17) is 4.74 Å². The van der Waals surface area contributed by atoms with Crippen molar-refractivity contribution < 1.29 is 9.84 Å². The average molecular weight is 259 g/mol. The summed E-state index contributed by atoms with van der Waals surface area (Å²) in [6.45, 7) is 2.08. The highest BCUT2D eigenvalue weighted by molar-refractivity contribution is 5.17. The summed E-state index contributed by atoms with van der Waals surface area (Å²) in [4.78, 5) is 4.32.